The zero-order valence-electron chi connectivity index (χ0n) is 25.9. The summed E-state index contributed by atoms with van der Waals surface area (Å²) in [6.45, 7) is 6.58. The van der Waals surface area contributed by atoms with Gasteiger partial charge in [0.1, 0.15) is 18.1 Å². The third kappa shape index (κ3) is 10.4. The summed E-state index contributed by atoms with van der Waals surface area (Å²) < 4.78 is 20.4. The highest BCUT2D eigenvalue weighted by molar-refractivity contribution is 14.1. The number of hydrogen-bond donors (Lipinski definition) is 3. The lowest BCUT2D eigenvalue weighted by atomic mass is 10.1. The Morgan fingerprint density at radius 2 is 1.78 bits per heavy atom. The molecule has 0 radical (unpaired) electrons. The number of thiol groups is 1. The number of nitrogens with one attached hydrogen (secondary N) is 2. The minimum absolute atomic E-state index is 0.0432. The van der Waals surface area contributed by atoms with E-state index in [2.05, 4.69) is 65.8 Å². The quantitative estimate of drug-likeness (QED) is 0.0384. The van der Waals surface area contributed by atoms with Crippen LogP contribution in [0.5, 0.6) is 0 Å². The number of aromatic nitrogens is 5. The van der Waals surface area contributed by atoms with Gasteiger partial charge in [-0.15, -0.1) is 12.6 Å². The number of amides is 2. The van der Waals surface area contributed by atoms with E-state index in [4.69, 9.17) is 14.2 Å². The smallest absolute Gasteiger partial charge is 0.320 e. The summed E-state index contributed by atoms with van der Waals surface area (Å²) in [5, 5.41) is 5.37. The molecule has 0 bridgehead atoms. The van der Waals surface area contributed by atoms with Crippen molar-refractivity contribution in [2.45, 2.75) is 64.6 Å². The van der Waals surface area contributed by atoms with Gasteiger partial charge in [-0.1, -0.05) is 66.8 Å². The molecule has 0 saturated heterocycles. The number of imidazole rings is 1. The fourth-order valence-electron chi connectivity index (χ4n) is 4.25. The van der Waals surface area contributed by atoms with E-state index in [1.165, 1.54) is 12.7 Å². The van der Waals surface area contributed by atoms with Crippen LogP contribution in [0.25, 0.3) is 11.2 Å². The number of alkyl halides is 1. The lowest BCUT2D eigenvalue weighted by molar-refractivity contribution is -0.231. The van der Waals surface area contributed by atoms with Crippen LogP contribution in [0.15, 0.2) is 61.3 Å². The summed E-state index contributed by atoms with van der Waals surface area (Å²) in [4.78, 5) is 44.1. The first-order valence-corrected chi connectivity index (χ1v) is 17.3. The Bertz CT molecular complexity index is 1490. The molecule has 2 unspecified atom stereocenters. The van der Waals surface area contributed by atoms with Crippen molar-refractivity contribution in [3.05, 3.63) is 78.1 Å². The highest BCUT2D eigenvalue weighted by atomic mass is 127. The number of halogens is 1. The topological polar surface area (TPSA) is 142 Å². The number of benzene rings is 1. The maximum absolute atomic E-state index is 12.5. The van der Waals surface area contributed by atoms with Gasteiger partial charge in [0, 0.05) is 24.7 Å². The van der Waals surface area contributed by atoms with E-state index in [1.54, 1.807) is 22.9 Å². The number of hydrogen-bond acceptors (Lipinski definition) is 10. The van der Waals surface area contributed by atoms with E-state index in [0.717, 1.165) is 12.0 Å². The molecule has 45 heavy (non-hydrogen) atoms. The van der Waals surface area contributed by atoms with E-state index >= 15 is 0 Å². The number of anilines is 1. The Morgan fingerprint density at radius 1 is 1.00 bits per heavy atom. The van der Waals surface area contributed by atoms with Gasteiger partial charge in [0.25, 0.3) is 0 Å². The Kier molecular flexibility index (Phi) is 15.6. The molecule has 0 aliphatic heterocycles. The maximum Gasteiger partial charge on any atom is 0.320 e. The molecule has 14 heteroatoms. The van der Waals surface area contributed by atoms with Crippen LogP contribution < -0.4 is 10.6 Å². The Hall–Kier alpha value is -3.18. The van der Waals surface area contributed by atoms with Crippen LogP contribution in [0, 0.1) is 0 Å². The van der Waals surface area contributed by atoms with Crippen molar-refractivity contribution >= 4 is 64.0 Å². The summed E-state index contributed by atoms with van der Waals surface area (Å²) in [5.74, 6) is 0.291. The van der Waals surface area contributed by atoms with Crippen LogP contribution >= 0.6 is 35.2 Å². The summed E-state index contributed by atoms with van der Waals surface area (Å²) >= 11 is 6.84. The number of pyridine rings is 1. The summed E-state index contributed by atoms with van der Waals surface area (Å²) in [6.07, 6.45) is 4.89. The monoisotopic (exact) mass is 749 g/mol. The van der Waals surface area contributed by atoms with E-state index in [1.807, 2.05) is 56.0 Å². The fourth-order valence-corrected chi connectivity index (χ4v) is 4.53. The number of ether oxygens (including phenoxy) is 3. The highest BCUT2D eigenvalue weighted by Crippen LogP contribution is 2.31. The van der Waals surface area contributed by atoms with Crippen molar-refractivity contribution < 1.29 is 23.8 Å². The Morgan fingerprint density at radius 3 is 2.49 bits per heavy atom. The average molecular weight is 750 g/mol. The zero-order valence-corrected chi connectivity index (χ0v) is 28.9. The summed E-state index contributed by atoms with van der Waals surface area (Å²) in [5.41, 5.74) is 2.11. The molecule has 12 nitrogen and oxygen atoms in total. The average Bonchev–Trinajstić information content (AvgIpc) is 3.51. The molecule has 0 fully saturated rings. The molecule has 3 aromatic heterocycles. The fraction of sp³-hybridized carbons (Fsp3) is 0.419. The van der Waals surface area contributed by atoms with E-state index in [9.17, 15) is 9.59 Å². The number of carbonyl (C=O) groups excluding carboxylic acids is 2. The number of nitrogens with zero attached hydrogens (tertiary/aromatic N) is 5. The Labute approximate surface area is 282 Å². The van der Waals surface area contributed by atoms with E-state index in [-0.39, 0.29) is 24.8 Å². The second kappa shape index (κ2) is 19.4. The Balaban J connectivity index is 0.00000271. The number of urea groups is 1. The molecular formula is C31H40IN7O5S. The van der Waals surface area contributed by atoms with Gasteiger partial charge in [-0.05, 0) is 42.4 Å². The van der Waals surface area contributed by atoms with Crippen molar-refractivity contribution in [3.8, 4) is 0 Å². The zero-order chi connectivity index (χ0) is 32.6. The van der Waals surface area contributed by atoms with Crippen LogP contribution in [-0.2, 0) is 20.8 Å². The molecule has 2 N–H and O–H groups in total. The lowest BCUT2D eigenvalue weighted by Crippen LogP contribution is -2.29. The second-order valence-electron chi connectivity index (χ2n) is 9.59. The molecule has 242 valence electrons. The molecule has 3 heterocycles. The number of fused-ring (bicyclic) bond motifs is 1. The van der Waals surface area contributed by atoms with Crippen molar-refractivity contribution in [3.63, 3.8) is 0 Å². The maximum atomic E-state index is 12.5. The standard InChI is InChI=1S/C30H37N7O5S.CH3I/c1-4-11-24(38)22-14-10-15-32-23(22)17-40-16-21(5-2)41-30(42-28(43)20-12-8-7-9-13-20)37-19-35-25-26(33-18-34-27(25)37)36-29(39)31-6-3;1-2/h7-10,12-15,18-19,21,28,30,43H,4-6,11,16-17H2,1-3H3,(H2,31,33,34,36,39);1H3/t21?,28-,30?;/m1./s1. The van der Waals surface area contributed by atoms with Crippen molar-refractivity contribution in [1.82, 2.24) is 29.8 Å². The van der Waals surface area contributed by atoms with Gasteiger partial charge in [0.2, 0.25) is 6.41 Å². The molecule has 4 aromatic rings. The van der Waals surface area contributed by atoms with Gasteiger partial charge in [0.15, 0.2) is 22.8 Å². The molecule has 0 aliphatic rings. The van der Waals surface area contributed by atoms with Gasteiger partial charge < -0.3 is 19.5 Å². The predicted molar refractivity (Wildman–Crippen MR) is 185 cm³/mol. The van der Waals surface area contributed by atoms with Crippen molar-refractivity contribution in [2.24, 2.45) is 0 Å². The normalized spacial score (nSPS) is 12.9. The largest absolute Gasteiger partial charge is 0.372 e. The van der Waals surface area contributed by atoms with Gasteiger partial charge in [0.05, 0.1) is 25.0 Å². The summed E-state index contributed by atoms with van der Waals surface area (Å²) in [6, 6.07) is 12.6. The van der Waals surface area contributed by atoms with Gasteiger partial charge >= 0.3 is 6.03 Å². The minimum atomic E-state index is -1.01. The van der Waals surface area contributed by atoms with Crippen molar-refractivity contribution in [2.75, 3.05) is 23.4 Å². The van der Waals surface area contributed by atoms with Gasteiger partial charge in [-0.3, -0.25) is 19.7 Å². The first kappa shape index (κ1) is 36.3. The SMILES string of the molecule is CCCC(=O)c1cccnc1COCC(CC)OC(O[C@H](S)c1ccccc1)n1cnc2c(NC(=O)NCC)ncnc21.CI. The molecule has 2 amide bonds. The third-order valence-electron chi connectivity index (χ3n) is 6.46. The van der Waals surface area contributed by atoms with Crippen molar-refractivity contribution in [1.29, 1.82) is 0 Å². The first-order valence-electron chi connectivity index (χ1n) is 14.6. The number of carbonyl (C=O) groups is 2. The molecule has 0 saturated carbocycles. The van der Waals surface area contributed by atoms with Crippen LogP contribution in [-0.4, -0.2) is 60.5 Å². The van der Waals surface area contributed by atoms with Gasteiger partial charge in [-0.2, -0.15) is 0 Å². The van der Waals surface area contributed by atoms with Crippen LogP contribution in [0.1, 0.15) is 73.5 Å². The third-order valence-corrected chi connectivity index (χ3v) is 6.88. The predicted octanol–water partition coefficient (Wildman–Crippen LogP) is 6.51. The molecule has 4 rings (SSSR count). The molecular weight excluding hydrogens is 709 g/mol. The number of ketones is 1. The van der Waals surface area contributed by atoms with Gasteiger partial charge in [-0.25, -0.2) is 19.7 Å². The lowest BCUT2D eigenvalue weighted by Gasteiger charge is -2.27. The molecule has 0 spiro atoms. The number of Topliss-reactive ketones (excluding diaryl/α,β-unsaturated/α-hetero) is 1. The van der Waals surface area contributed by atoms with Crippen LogP contribution in [0.2, 0.25) is 0 Å². The number of rotatable bonds is 16. The minimum Gasteiger partial charge on any atom is -0.372 e. The molecule has 0 aliphatic carbocycles. The van der Waals surface area contributed by atoms with E-state index < -0.39 is 24.0 Å². The van der Waals surface area contributed by atoms with Crippen LogP contribution in [0.4, 0.5) is 10.6 Å². The van der Waals surface area contributed by atoms with Crippen LogP contribution in [0.3, 0.4) is 0 Å². The second-order valence-corrected chi connectivity index (χ2v) is 10.1. The first-order chi connectivity index (χ1) is 21.9. The molecule has 3 atom stereocenters. The van der Waals surface area contributed by atoms with E-state index in [0.29, 0.717) is 41.8 Å². The molecule has 1 aromatic carbocycles. The summed E-state index contributed by atoms with van der Waals surface area (Å²) in [7, 11) is 0. The highest BCUT2D eigenvalue weighted by Gasteiger charge is 2.25.